The van der Waals surface area contributed by atoms with E-state index in [1.807, 2.05) is 0 Å². The molecule has 0 bridgehead atoms. The molecule has 1 aliphatic heterocycles. The van der Waals surface area contributed by atoms with Crippen molar-refractivity contribution in [3.05, 3.63) is 12.7 Å². The molecule has 1 saturated heterocycles. The summed E-state index contributed by atoms with van der Waals surface area (Å²) >= 11 is 0. The number of carbonyl (C=O) groups is 3. The minimum absolute atomic E-state index is 0.0562. The predicted octanol–water partition coefficient (Wildman–Crippen LogP) is 1.33. The van der Waals surface area contributed by atoms with Crippen molar-refractivity contribution in [2.24, 2.45) is 0 Å². The molecule has 2 amide bonds. The molecule has 0 radical (unpaired) electrons. The second kappa shape index (κ2) is 6.51. The normalized spacial score (nSPS) is 25.9. The molecule has 0 aromatic rings. The molecule has 110 valence electrons. The third-order valence-electron chi connectivity index (χ3n) is 3.24. The molecule has 0 unspecified atom stereocenters. The fourth-order valence-electron chi connectivity index (χ4n) is 2.29. The second-order valence-corrected chi connectivity index (χ2v) is 4.67. The van der Waals surface area contributed by atoms with Crippen molar-refractivity contribution < 1.29 is 28.7 Å². The van der Waals surface area contributed by atoms with Gasteiger partial charge in [0.2, 0.25) is 0 Å². The molecule has 0 spiro atoms. The van der Waals surface area contributed by atoms with E-state index in [2.05, 4.69) is 11.4 Å². The average molecular weight is 283 g/mol. The summed E-state index contributed by atoms with van der Waals surface area (Å²) in [6.45, 7) is 3.93. The number of imide groups is 1. The Morgan fingerprint density at radius 1 is 1.25 bits per heavy atom. The fourth-order valence-corrected chi connectivity index (χ4v) is 2.29. The Hall–Kier alpha value is -1.89. The monoisotopic (exact) mass is 283 g/mol. The van der Waals surface area contributed by atoms with E-state index < -0.39 is 24.1 Å². The summed E-state index contributed by atoms with van der Waals surface area (Å²) < 4.78 is 10.6. The average Bonchev–Trinajstić information content (AvgIpc) is 2.98. The summed E-state index contributed by atoms with van der Waals surface area (Å²) in [5.41, 5.74) is 0. The standard InChI is InChI=1S/C13H17NO6/c1-2-8-18-9-4-3-5-10(9)19-13(17)20-14-11(15)6-7-12(14)16/h2,9-10H,1,3-8H2/t9-,10-/m1/s1. The lowest BCUT2D eigenvalue weighted by Crippen LogP contribution is -2.35. The second-order valence-electron chi connectivity index (χ2n) is 4.67. The van der Waals surface area contributed by atoms with Crippen LogP contribution in [0, 0.1) is 0 Å². The van der Waals surface area contributed by atoms with Gasteiger partial charge in [0.25, 0.3) is 11.8 Å². The van der Waals surface area contributed by atoms with E-state index >= 15 is 0 Å². The highest BCUT2D eigenvalue weighted by atomic mass is 16.8. The Labute approximate surface area is 116 Å². The SMILES string of the molecule is C=CCO[C@@H]1CCC[C@H]1OC(=O)ON1C(=O)CCC1=O. The number of nitrogens with zero attached hydrogens (tertiary/aromatic N) is 1. The van der Waals surface area contributed by atoms with Crippen LogP contribution in [-0.4, -0.2) is 41.8 Å². The van der Waals surface area contributed by atoms with E-state index in [0.29, 0.717) is 18.1 Å². The van der Waals surface area contributed by atoms with Crippen LogP contribution in [0.5, 0.6) is 0 Å². The van der Waals surface area contributed by atoms with Gasteiger partial charge in [-0.15, -0.1) is 6.58 Å². The Balaban J connectivity index is 1.83. The van der Waals surface area contributed by atoms with Crippen LogP contribution in [0.1, 0.15) is 32.1 Å². The van der Waals surface area contributed by atoms with Crippen molar-refractivity contribution in [3.8, 4) is 0 Å². The van der Waals surface area contributed by atoms with Crippen molar-refractivity contribution >= 4 is 18.0 Å². The maximum absolute atomic E-state index is 11.6. The zero-order chi connectivity index (χ0) is 14.5. The summed E-state index contributed by atoms with van der Waals surface area (Å²) in [5.74, 6) is -1.06. The summed E-state index contributed by atoms with van der Waals surface area (Å²) in [6, 6.07) is 0. The first-order valence-electron chi connectivity index (χ1n) is 6.58. The predicted molar refractivity (Wildman–Crippen MR) is 66.2 cm³/mol. The van der Waals surface area contributed by atoms with Gasteiger partial charge in [-0.1, -0.05) is 11.1 Å². The zero-order valence-electron chi connectivity index (χ0n) is 11.1. The van der Waals surface area contributed by atoms with Crippen LogP contribution in [0.3, 0.4) is 0 Å². The molecule has 1 saturated carbocycles. The molecule has 20 heavy (non-hydrogen) atoms. The first-order valence-corrected chi connectivity index (χ1v) is 6.58. The van der Waals surface area contributed by atoms with Gasteiger partial charge >= 0.3 is 6.16 Å². The lowest BCUT2D eigenvalue weighted by atomic mass is 10.2. The van der Waals surface area contributed by atoms with Crippen LogP contribution in [0.4, 0.5) is 4.79 Å². The minimum atomic E-state index is -1.05. The van der Waals surface area contributed by atoms with Crippen LogP contribution < -0.4 is 0 Å². The summed E-state index contributed by atoms with van der Waals surface area (Å²) in [6.07, 6.45) is 2.39. The Morgan fingerprint density at radius 2 is 1.90 bits per heavy atom. The third-order valence-corrected chi connectivity index (χ3v) is 3.24. The highest BCUT2D eigenvalue weighted by Crippen LogP contribution is 2.25. The molecule has 1 aliphatic carbocycles. The molecule has 2 fully saturated rings. The van der Waals surface area contributed by atoms with Gasteiger partial charge in [-0.3, -0.25) is 14.4 Å². The first-order chi connectivity index (χ1) is 9.61. The van der Waals surface area contributed by atoms with Gasteiger partial charge in [0.05, 0.1) is 12.7 Å². The number of carbonyl (C=O) groups excluding carboxylic acids is 3. The van der Waals surface area contributed by atoms with Crippen molar-refractivity contribution in [1.29, 1.82) is 0 Å². The van der Waals surface area contributed by atoms with Gasteiger partial charge < -0.3 is 9.47 Å². The Kier molecular flexibility index (Phi) is 4.73. The van der Waals surface area contributed by atoms with Gasteiger partial charge in [0.1, 0.15) is 6.10 Å². The summed E-state index contributed by atoms with van der Waals surface area (Å²) in [7, 11) is 0. The number of ether oxygens (including phenoxy) is 2. The van der Waals surface area contributed by atoms with Crippen LogP contribution in [0.15, 0.2) is 12.7 Å². The molecule has 0 N–H and O–H groups in total. The lowest BCUT2D eigenvalue weighted by Gasteiger charge is -2.20. The molecule has 7 nitrogen and oxygen atoms in total. The molecule has 2 atom stereocenters. The van der Waals surface area contributed by atoms with E-state index in [1.165, 1.54) is 0 Å². The number of hydrogen-bond donors (Lipinski definition) is 0. The van der Waals surface area contributed by atoms with Gasteiger partial charge in [0.15, 0.2) is 0 Å². The molecular formula is C13H17NO6. The van der Waals surface area contributed by atoms with Crippen molar-refractivity contribution in [1.82, 2.24) is 5.06 Å². The quantitative estimate of drug-likeness (QED) is 0.430. The van der Waals surface area contributed by atoms with Gasteiger partial charge in [-0.05, 0) is 19.3 Å². The largest absolute Gasteiger partial charge is 0.534 e. The molecule has 1 heterocycles. The van der Waals surface area contributed by atoms with Crippen LogP contribution >= 0.6 is 0 Å². The Bertz CT molecular complexity index is 405. The fraction of sp³-hybridized carbons (Fsp3) is 0.615. The third kappa shape index (κ3) is 3.36. The summed E-state index contributed by atoms with van der Waals surface area (Å²) in [4.78, 5) is 38.8. The molecule has 0 aromatic heterocycles. The van der Waals surface area contributed by atoms with Crippen LogP contribution in [0.25, 0.3) is 0 Å². The van der Waals surface area contributed by atoms with E-state index in [9.17, 15) is 14.4 Å². The van der Waals surface area contributed by atoms with Gasteiger partial charge in [-0.2, -0.15) is 0 Å². The van der Waals surface area contributed by atoms with Gasteiger partial charge in [-0.25, -0.2) is 4.79 Å². The van der Waals surface area contributed by atoms with E-state index in [1.54, 1.807) is 6.08 Å². The smallest absolute Gasteiger partial charge is 0.427 e. The zero-order valence-corrected chi connectivity index (χ0v) is 11.1. The lowest BCUT2D eigenvalue weighted by molar-refractivity contribution is -0.180. The molecular weight excluding hydrogens is 266 g/mol. The topological polar surface area (TPSA) is 82.1 Å². The van der Waals surface area contributed by atoms with Gasteiger partial charge in [0, 0.05) is 12.8 Å². The molecule has 7 heteroatoms. The van der Waals surface area contributed by atoms with Crippen molar-refractivity contribution in [2.45, 2.75) is 44.3 Å². The van der Waals surface area contributed by atoms with Crippen molar-refractivity contribution in [2.75, 3.05) is 6.61 Å². The highest BCUT2D eigenvalue weighted by Gasteiger charge is 2.36. The number of amides is 2. The number of rotatable bonds is 5. The van der Waals surface area contributed by atoms with Crippen LogP contribution in [0.2, 0.25) is 0 Å². The maximum atomic E-state index is 11.6. The molecule has 2 rings (SSSR count). The van der Waals surface area contributed by atoms with Crippen molar-refractivity contribution in [3.63, 3.8) is 0 Å². The van der Waals surface area contributed by atoms with E-state index in [0.717, 1.165) is 12.8 Å². The molecule has 0 aromatic carbocycles. The summed E-state index contributed by atoms with van der Waals surface area (Å²) in [5, 5.41) is 0.469. The van der Waals surface area contributed by atoms with E-state index in [4.69, 9.17) is 9.47 Å². The Morgan fingerprint density at radius 3 is 2.55 bits per heavy atom. The molecule has 2 aliphatic rings. The minimum Gasteiger partial charge on any atom is -0.427 e. The maximum Gasteiger partial charge on any atom is 0.534 e. The highest BCUT2D eigenvalue weighted by molar-refractivity contribution is 6.01. The van der Waals surface area contributed by atoms with E-state index in [-0.39, 0.29) is 18.9 Å². The van der Waals surface area contributed by atoms with Crippen LogP contribution in [-0.2, 0) is 23.9 Å². The first kappa shape index (κ1) is 14.5. The number of hydroxylamine groups is 2. The number of hydrogen-bond acceptors (Lipinski definition) is 6.